The van der Waals surface area contributed by atoms with Crippen LogP contribution >= 0.6 is 11.6 Å². The van der Waals surface area contributed by atoms with Crippen LogP contribution in [0.3, 0.4) is 0 Å². The van der Waals surface area contributed by atoms with Gasteiger partial charge in [-0.1, -0.05) is 11.6 Å². The van der Waals surface area contributed by atoms with E-state index in [4.69, 9.17) is 11.6 Å². The summed E-state index contributed by atoms with van der Waals surface area (Å²) in [5.41, 5.74) is 3.70. The van der Waals surface area contributed by atoms with Crippen molar-refractivity contribution in [1.29, 1.82) is 0 Å². The van der Waals surface area contributed by atoms with Gasteiger partial charge in [0, 0.05) is 23.8 Å². The quantitative estimate of drug-likeness (QED) is 0.587. The standard InChI is InChI=1S/C17H15ClN6/c18-16-12-8-11(5-6-14(12)24(23-16)9-10-3-4-10)20-17-15-13(21-22-17)2-1-7-19-15/h1-2,5-8,10H,3-4,9H2,(H2,20,21,22). The molecular formula is C17H15ClN6. The Morgan fingerprint density at radius 1 is 1.29 bits per heavy atom. The first-order valence-corrected chi connectivity index (χ1v) is 8.38. The maximum Gasteiger partial charge on any atom is 0.178 e. The minimum atomic E-state index is 0.541. The smallest absolute Gasteiger partial charge is 0.178 e. The molecule has 5 rings (SSSR count). The van der Waals surface area contributed by atoms with Crippen LogP contribution in [0, 0.1) is 5.92 Å². The first kappa shape index (κ1) is 13.8. The van der Waals surface area contributed by atoms with Gasteiger partial charge in [-0.3, -0.25) is 14.8 Å². The Balaban J connectivity index is 1.52. The lowest BCUT2D eigenvalue weighted by Crippen LogP contribution is -2.01. The zero-order chi connectivity index (χ0) is 16.1. The molecule has 24 heavy (non-hydrogen) atoms. The highest BCUT2D eigenvalue weighted by Gasteiger charge is 2.23. The molecule has 0 spiro atoms. The van der Waals surface area contributed by atoms with Gasteiger partial charge in [0.1, 0.15) is 5.52 Å². The van der Waals surface area contributed by atoms with Crippen LogP contribution in [0.5, 0.6) is 0 Å². The van der Waals surface area contributed by atoms with Gasteiger partial charge in [0.2, 0.25) is 0 Å². The highest BCUT2D eigenvalue weighted by atomic mass is 35.5. The van der Waals surface area contributed by atoms with Crippen LogP contribution < -0.4 is 5.32 Å². The van der Waals surface area contributed by atoms with Crippen LogP contribution in [0.25, 0.3) is 21.9 Å². The van der Waals surface area contributed by atoms with Gasteiger partial charge in [-0.2, -0.15) is 10.2 Å². The lowest BCUT2D eigenvalue weighted by molar-refractivity contribution is 0.581. The molecule has 0 radical (unpaired) electrons. The predicted molar refractivity (Wildman–Crippen MR) is 94.6 cm³/mol. The van der Waals surface area contributed by atoms with Gasteiger partial charge < -0.3 is 5.32 Å². The second kappa shape index (κ2) is 5.21. The van der Waals surface area contributed by atoms with Crippen molar-refractivity contribution >= 4 is 45.0 Å². The van der Waals surface area contributed by atoms with Crippen molar-refractivity contribution in [2.24, 2.45) is 5.92 Å². The van der Waals surface area contributed by atoms with E-state index in [-0.39, 0.29) is 0 Å². The monoisotopic (exact) mass is 338 g/mol. The van der Waals surface area contributed by atoms with E-state index < -0.39 is 0 Å². The van der Waals surface area contributed by atoms with Gasteiger partial charge in [0.05, 0.1) is 11.0 Å². The lowest BCUT2D eigenvalue weighted by Gasteiger charge is -2.05. The second-order valence-electron chi connectivity index (χ2n) is 6.25. The molecule has 120 valence electrons. The van der Waals surface area contributed by atoms with E-state index >= 15 is 0 Å². The van der Waals surface area contributed by atoms with E-state index in [0.717, 1.165) is 40.1 Å². The number of halogens is 1. The number of rotatable bonds is 4. The number of hydrogen-bond acceptors (Lipinski definition) is 4. The summed E-state index contributed by atoms with van der Waals surface area (Å²) in [5.74, 6) is 1.45. The summed E-state index contributed by atoms with van der Waals surface area (Å²) < 4.78 is 2.02. The molecule has 0 atom stereocenters. The zero-order valence-corrected chi connectivity index (χ0v) is 13.6. The fourth-order valence-electron chi connectivity index (χ4n) is 2.98. The van der Waals surface area contributed by atoms with E-state index in [0.29, 0.717) is 11.0 Å². The van der Waals surface area contributed by atoms with Crippen LogP contribution in [0.4, 0.5) is 11.5 Å². The molecule has 1 fully saturated rings. The summed E-state index contributed by atoms with van der Waals surface area (Å²) in [7, 11) is 0. The van der Waals surface area contributed by atoms with Crippen molar-refractivity contribution in [3.05, 3.63) is 41.7 Å². The van der Waals surface area contributed by atoms with Crippen LogP contribution in [0.1, 0.15) is 12.8 Å². The summed E-state index contributed by atoms with van der Waals surface area (Å²) in [6.45, 7) is 0.948. The van der Waals surface area contributed by atoms with Crippen LogP contribution in [-0.2, 0) is 6.54 Å². The first-order chi connectivity index (χ1) is 11.8. The van der Waals surface area contributed by atoms with Gasteiger partial charge in [-0.25, -0.2) is 0 Å². The maximum atomic E-state index is 6.34. The summed E-state index contributed by atoms with van der Waals surface area (Å²) in [5, 5.41) is 16.5. The Morgan fingerprint density at radius 3 is 3.08 bits per heavy atom. The molecule has 1 saturated carbocycles. The third-order valence-electron chi connectivity index (χ3n) is 4.42. The first-order valence-electron chi connectivity index (χ1n) is 8.00. The molecule has 3 heterocycles. The van der Waals surface area contributed by atoms with Crippen molar-refractivity contribution in [1.82, 2.24) is 25.0 Å². The molecule has 1 aliphatic carbocycles. The number of benzene rings is 1. The number of hydrogen-bond donors (Lipinski definition) is 2. The molecule has 4 aromatic rings. The topological polar surface area (TPSA) is 71.4 Å². The van der Waals surface area contributed by atoms with Crippen molar-refractivity contribution in [2.45, 2.75) is 19.4 Å². The number of nitrogens with zero attached hydrogens (tertiary/aromatic N) is 4. The van der Waals surface area contributed by atoms with Gasteiger partial charge in [-0.15, -0.1) is 0 Å². The number of anilines is 2. The summed E-state index contributed by atoms with van der Waals surface area (Å²) in [6.07, 6.45) is 4.33. The van der Waals surface area contributed by atoms with Crippen LogP contribution in [0.2, 0.25) is 5.15 Å². The molecule has 0 amide bonds. The zero-order valence-electron chi connectivity index (χ0n) is 12.8. The largest absolute Gasteiger partial charge is 0.337 e. The highest BCUT2D eigenvalue weighted by molar-refractivity contribution is 6.34. The number of aromatic amines is 1. The third kappa shape index (κ3) is 2.30. The van der Waals surface area contributed by atoms with Crippen molar-refractivity contribution in [3.63, 3.8) is 0 Å². The lowest BCUT2D eigenvalue weighted by atomic mass is 10.2. The van der Waals surface area contributed by atoms with E-state index in [1.165, 1.54) is 12.8 Å². The van der Waals surface area contributed by atoms with E-state index in [1.807, 2.05) is 28.9 Å². The molecule has 2 N–H and O–H groups in total. The van der Waals surface area contributed by atoms with Crippen LogP contribution in [-0.4, -0.2) is 25.0 Å². The number of nitrogens with one attached hydrogen (secondary N) is 2. The Labute approximate surface area is 142 Å². The summed E-state index contributed by atoms with van der Waals surface area (Å²) in [6, 6.07) is 9.92. The Bertz CT molecular complexity index is 1050. The number of pyridine rings is 1. The predicted octanol–water partition coefficient (Wildman–Crippen LogP) is 4.11. The van der Waals surface area contributed by atoms with E-state index in [1.54, 1.807) is 6.20 Å². The molecule has 3 aromatic heterocycles. The van der Waals surface area contributed by atoms with Crippen LogP contribution in [0.15, 0.2) is 36.5 Å². The number of H-pyrrole nitrogens is 1. The Morgan fingerprint density at radius 2 is 2.21 bits per heavy atom. The average molecular weight is 339 g/mol. The third-order valence-corrected chi connectivity index (χ3v) is 4.70. The highest BCUT2D eigenvalue weighted by Crippen LogP contribution is 2.34. The number of aromatic nitrogens is 5. The molecule has 1 aliphatic rings. The molecular weight excluding hydrogens is 324 g/mol. The Hall–Kier alpha value is -2.60. The fourth-order valence-corrected chi connectivity index (χ4v) is 3.22. The average Bonchev–Trinajstić information content (AvgIpc) is 3.25. The van der Waals surface area contributed by atoms with Gasteiger partial charge >= 0.3 is 0 Å². The van der Waals surface area contributed by atoms with Gasteiger partial charge in [0.25, 0.3) is 0 Å². The molecule has 6 nitrogen and oxygen atoms in total. The van der Waals surface area contributed by atoms with Crippen molar-refractivity contribution < 1.29 is 0 Å². The SMILES string of the molecule is Clc1nn(CC2CC2)c2ccc(Nc3n[nH]c4cccnc34)cc12. The normalized spacial score (nSPS) is 14.5. The minimum absolute atomic E-state index is 0.541. The van der Waals surface area contributed by atoms with Crippen molar-refractivity contribution in [2.75, 3.05) is 5.32 Å². The minimum Gasteiger partial charge on any atom is -0.337 e. The maximum absolute atomic E-state index is 6.34. The Kier molecular flexibility index (Phi) is 2.99. The molecule has 7 heteroatoms. The van der Waals surface area contributed by atoms with Gasteiger partial charge in [-0.05, 0) is 49.1 Å². The molecule has 0 aliphatic heterocycles. The molecule has 0 bridgehead atoms. The van der Waals surface area contributed by atoms with E-state index in [2.05, 4.69) is 31.7 Å². The number of fused-ring (bicyclic) bond motifs is 2. The summed E-state index contributed by atoms with van der Waals surface area (Å²) in [4.78, 5) is 4.36. The summed E-state index contributed by atoms with van der Waals surface area (Å²) >= 11 is 6.34. The molecule has 0 saturated heterocycles. The second-order valence-corrected chi connectivity index (χ2v) is 6.60. The fraction of sp³-hybridized carbons (Fsp3) is 0.235. The van der Waals surface area contributed by atoms with Gasteiger partial charge in [0.15, 0.2) is 11.0 Å². The van der Waals surface area contributed by atoms with E-state index in [9.17, 15) is 0 Å². The molecule has 0 unspecified atom stereocenters. The molecule has 1 aromatic carbocycles. The van der Waals surface area contributed by atoms with Crippen molar-refractivity contribution in [3.8, 4) is 0 Å².